The second-order valence-electron chi connectivity index (χ2n) is 13.6. The van der Waals surface area contributed by atoms with Gasteiger partial charge in [-0.05, 0) is 131 Å². The fourth-order valence-corrected chi connectivity index (χ4v) is 8.63. The van der Waals surface area contributed by atoms with E-state index >= 15 is 0 Å². The van der Waals surface area contributed by atoms with Gasteiger partial charge >= 0.3 is 0 Å². The van der Waals surface area contributed by atoms with Crippen molar-refractivity contribution in [2.45, 2.75) is 0 Å². The molecule has 0 N–H and O–H groups in total. The molecule has 0 aliphatic heterocycles. The van der Waals surface area contributed by atoms with Crippen LogP contribution in [0.4, 0.5) is 0 Å². The molecule has 0 spiro atoms. The first kappa shape index (κ1) is 27.9. The summed E-state index contributed by atoms with van der Waals surface area (Å²) >= 11 is 0. The lowest BCUT2D eigenvalue weighted by atomic mass is 9.87. The van der Waals surface area contributed by atoms with Crippen LogP contribution in [0.15, 0.2) is 170 Å². The topological polar surface area (TPSA) is 28.7 Å². The molecule has 1 aromatic heterocycles. The third-order valence-electron chi connectivity index (χ3n) is 10.9. The lowest BCUT2D eigenvalue weighted by molar-refractivity contribution is 1.18. The molecular weight excluding hydrogens is 617 g/mol. The van der Waals surface area contributed by atoms with Gasteiger partial charge in [-0.1, -0.05) is 115 Å². The fraction of sp³-hybridized carbons (Fsp3) is 0. The van der Waals surface area contributed by atoms with E-state index in [9.17, 15) is 5.26 Å². The predicted octanol–water partition coefficient (Wildman–Crippen LogP) is 13.2. The summed E-state index contributed by atoms with van der Waals surface area (Å²) in [5, 5.41) is 24.7. The Labute approximate surface area is 294 Å². The summed E-state index contributed by atoms with van der Waals surface area (Å²) in [6, 6.07) is 64.0. The lowest BCUT2D eigenvalue weighted by Crippen LogP contribution is -1.94. The van der Waals surface area contributed by atoms with E-state index < -0.39 is 0 Å². The standard InChI is InChI=1S/C49H28N2/c50-29-30-22-34-20-21-35-25-36(26-47-49(35)48(34)46(23-30)51(47)37-12-2-1-3-13-37)43-28-45-40-16-8-6-14-38(40)42(27-44(45)41-17-9-7-15-39(41)43)33-19-18-31-10-4-5-11-32(31)24-33/h1-28H. The highest BCUT2D eigenvalue weighted by molar-refractivity contribution is 6.27. The van der Waals surface area contributed by atoms with Crippen LogP contribution in [0.5, 0.6) is 0 Å². The summed E-state index contributed by atoms with van der Waals surface area (Å²) in [6.45, 7) is 0. The van der Waals surface area contributed by atoms with E-state index in [1.807, 2.05) is 12.1 Å². The van der Waals surface area contributed by atoms with Crippen molar-refractivity contribution in [3.8, 4) is 34.0 Å². The van der Waals surface area contributed by atoms with Gasteiger partial charge in [0.15, 0.2) is 0 Å². The van der Waals surface area contributed by atoms with Gasteiger partial charge in [0.05, 0.1) is 22.7 Å². The third-order valence-corrected chi connectivity index (χ3v) is 10.9. The smallest absolute Gasteiger partial charge is 0.0992 e. The zero-order valence-corrected chi connectivity index (χ0v) is 27.6. The molecule has 1 heterocycles. The van der Waals surface area contributed by atoms with Crippen molar-refractivity contribution in [3.05, 3.63) is 175 Å². The zero-order chi connectivity index (χ0) is 33.6. The van der Waals surface area contributed by atoms with Gasteiger partial charge in [0.25, 0.3) is 0 Å². The maximum atomic E-state index is 9.96. The van der Waals surface area contributed by atoms with E-state index in [1.165, 1.54) is 81.5 Å². The average molecular weight is 645 g/mol. The molecule has 0 aliphatic rings. The second-order valence-corrected chi connectivity index (χ2v) is 13.6. The SMILES string of the molecule is N#Cc1cc2ccc3cc(-c4cc5c6ccccc6c(-c6ccc7ccccc7c6)cc5c5ccccc45)cc4c3c2c(c1)n4-c1ccccc1. The number of hydrogen-bond donors (Lipinski definition) is 0. The summed E-state index contributed by atoms with van der Waals surface area (Å²) in [5.74, 6) is 0. The van der Waals surface area contributed by atoms with E-state index in [2.05, 4.69) is 168 Å². The van der Waals surface area contributed by atoms with E-state index in [4.69, 9.17) is 0 Å². The Morgan fingerprint density at radius 1 is 0.373 bits per heavy atom. The van der Waals surface area contributed by atoms with Crippen LogP contribution >= 0.6 is 0 Å². The van der Waals surface area contributed by atoms with E-state index in [0.717, 1.165) is 22.1 Å². The Bertz CT molecular complexity index is 3250. The van der Waals surface area contributed by atoms with Crippen LogP contribution in [0.1, 0.15) is 5.56 Å². The van der Waals surface area contributed by atoms with Gasteiger partial charge in [-0.15, -0.1) is 0 Å². The number of benzene rings is 10. The first-order chi connectivity index (χ1) is 25.2. The Hall–Kier alpha value is -6.95. The third kappa shape index (κ3) is 4.04. The van der Waals surface area contributed by atoms with Crippen LogP contribution in [0, 0.1) is 11.3 Å². The van der Waals surface area contributed by atoms with Crippen molar-refractivity contribution >= 4 is 75.7 Å². The Kier molecular flexibility index (Phi) is 5.77. The van der Waals surface area contributed by atoms with E-state index in [-0.39, 0.29) is 0 Å². The molecule has 10 aromatic carbocycles. The van der Waals surface area contributed by atoms with Crippen LogP contribution in [0.3, 0.4) is 0 Å². The maximum Gasteiger partial charge on any atom is 0.0992 e. The normalized spacial score (nSPS) is 11.9. The van der Waals surface area contributed by atoms with Crippen molar-refractivity contribution in [3.63, 3.8) is 0 Å². The molecule has 51 heavy (non-hydrogen) atoms. The highest BCUT2D eigenvalue weighted by Gasteiger charge is 2.21. The van der Waals surface area contributed by atoms with Crippen LogP contribution in [0.25, 0.3) is 104 Å². The first-order valence-electron chi connectivity index (χ1n) is 17.4. The van der Waals surface area contributed by atoms with Crippen molar-refractivity contribution in [1.29, 1.82) is 5.26 Å². The molecule has 234 valence electrons. The molecule has 11 aromatic rings. The number of hydrogen-bond acceptors (Lipinski definition) is 1. The molecule has 0 atom stereocenters. The van der Waals surface area contributed by atoms with E-state index in [0.29, 0.717) is 5.56 Å². The Balaban J connectivity index is 1.24. The van der Waals surface area contributed by atoms with Gasteiger partial charge in [-0.2, -0.15) is 5.26 Å². The van der Waals surface area contributed by atoms with Gasteiger partial charge < -0.3 is 4.57 Å². The molecule has 0 radical (unpaired) electrons. The molecule has 0 saturated carbocycles. The monoisotopic (exact) mass is 644 g/mol. The van der Waals surface area contributed by atoms with Gasteiger partial charge in [-0.25, -0.2) is 0 Å². The number of para-hydroxylation sites is 1. The highest BCUT2D eigenvalue weighted by atomic mass is 15.0. The van der Waals surface area contributed by atoms with Gasteiger partial charge in [-0.3, -0.25) is 0 Å². The summed E-state index contributed by atoms with van der Waals surface area (Å²) in [7, 11) is 0. The number of aromatic nitrogens is 1. The zero-order valence-electron chi connectivity index (χ0n) is 27.6. The van der Waals surface area contributed by atoms with Crippen LogP contribution in [-0.4, -0.2) is 4.57 Å². The minimum absolute atomic E-state index is 0.668. The number of rotatable bonds is 3. The molecular formula is C49H28N2. The molecule has 0 unspecified atom stereocenters. The molecule has 0 amide bonds. The molecule has 0 saturated heterocycles. The number of fused-ring (bicyclic) bond motifs is 6. The lowest BCUT2D eigenvalue weighted by Gasteiger charge is -2.17. The molecule has 0 aliphatic carbocycles. The quantitative estimate of drug-likeness (QED) is 0.176. The van der Waals surface area contributed by atoms with Gasteiger partial charge in [0.1, 0.15) is 0 Å². The van der Waals surface area contributed by atoms with Gasteiger partial charge in [0.2, 0.25) is 0 Å². The first-order valence-corrected chi connectivity index (χ1v) is 17.4. The summed E-state index contributed by atoms with van der Waals surface area (Å²) in [6.07, 6.45) is 0. The summed E-state index contributed by atoms with van der Waals surface area (Å²) in [4.78, 5) is 0. The van der Waals surface area contributed by atoms with E-state index in [1.54, 1.807) is 0 Å². The van der Waals surface area contributed by atoms with Crippen molar-refractivity contribution < 1.29 is 0 Å². The number of nitrogens with zero attached hydrogens (tertiary/aromatic N) is 2. The summed E-state index contributed by atoms with van der Waals surface area (Å²) < 4.78 is 2.34. The molecule has 11 rings (SSSR count). The highest BCUT2D eigenvalue weighted by Crippen LogP contribution is 2.45. The average Bonchev–Trinajstić information content (AvgIpc) is 3.53. The number of nitriles is 1. The van der Waals surface area contributed by atoms with Gasteiger partial charge in [0, 0.05) is 16.5 Å². The molecule has 2 heteroatoms. The molecule has 2 nitrogen and oxygen atoms in total. The molecule has 0 bridgehead atoms. The minimum Gasteiger partial charge on any atom is -0.309 e. The van der Waals surface area contributed by atoms with Crippen molar-refractivity contribution in [2.24, 2.45) is 0 Å². The van der Waals surface area contributed by atoms with Crippen LogP contribution < -0.4 is 0 Å². The Morgan fingerprint density at radius 3 is 1.59 bits per heavy atom. The largest absolute Gasteiger partial charge is 0.309 e. The molecule has 0 fully saturated rings. The van der Waals surface area contributed by atoms with Crippen molar-refractivity contribution in [2.75, 3.05) is 0 Å². The Morgan fingerprint density at radius 2 is 0.902 bits per heavy atom. The summed E-state index contributed by atoms with van der Waals surface area (Å²) in [5.41, 5.74) is 8.81. The van der Waals surface area contributed by atoms with Crippen molar-refractivity contribution in [1.82, 2.24) is 4.57 Å². The fourth-order valence-electron chi connectivity index (χ4n) is 8.63. The minimum atomic E-state index is 0.668. The van der Waals surface area contributed by atoms with Crippen LogP contribution in [-0.2, 0) is 0 Å². The second kappa shape index (κ2) is 10.5. The predicted molar refractivity (Wildman–Crippen MR) is 215 cm³/mol. The maximum absolute atomic E-state index is 9.96. The van der Waals surface area contributed by atoms with Crippen LogP contribution in [0.2, 0.25) is 0 Å².